The van der Waals surface area contributed by atoms with Crippen molar-refractivity contribution in [2.24, 2.45) is 5.16 Å². The van der Waals surface area contributed by atoms with Gasteiger partial charge in [0.2, 0.25) is 18.3 Å². The van der Waals surface area contributed by atoms with Gasteiger partial charge < -0.3 is 29.5 Å². The van der Waals surface area contributed by atoms with Gasteiger partial charge in [0, 0.05) is 29.5 Å². The van der Waals surface area contributed by atoms with Gasteiger partial charge in [0.1, 0.15) is 16.6 Å². The number of anilines is 1. The largest absolute Gasteiger partial charge is 0.492 e. The number of ether oxygens (including phenoxy) is 4. The summed E-state index contributed by atoms with van der Waals surface area (Å²) in [4.78, 5) is 12.3. The highest BCUT2D eigenvalue weighted by molar-refractivity contribution is 7.21. The van der Waals surface area contributed by atoms with Gasteiger partial charge in [-0.3, -0.25) is 0 Å². The van der Waals surface area contributed by atoms with Gasteiger partial charge in [0.25, 0.3) is 0 Å². The van der Waals surface area contributed by atoms with Crippen molar-refractivity contribution in [2.45, 2.75) is 32.8 Å². The van der Waals surface area contributed by atoms with E-state index in [-0.39, 0.29) is 12.9 Å². The molecule has 31 heavy (non-hydrogen) atoms. The lowest BCUT2D eigenvalue weighted by molar-refractivity contribution is 0.0853. The maximum atomic E-state index is 6.48. The van der Waals surface area contributed by atoms with E-state index in [1.165, 1.54) is 0 Å². The van der Waals surface area contributed by atoms with E-state index in [2.05, 4.69) is 17.1 Å². The van der Waals surface area contributed by atoms with E-state index in [0.717, 1.165) is 43.3 Å². The highest BCUT2D eigenvalue weighted by Gasteiger charge is 2.31. The van der Waals surface area contributed by atoms with Gasteiger partial charge in [-0.1, -0.05) is 5.16 Å². The number of pyridine rings is 1. The molecule has 0 bridgehead atoms. The Labute approximate surface area is 183 Å². The zero-order valence-corrected chi connectivity index (χ0v) is 18.6. The summed E-state index contributed by atoms with van der Waals surface area (Å²) in [6.45, 7) is 4.20. The summed E-state index contributed by atoms with van der Waals surface area (Å²) >= 11 is 1.56. The van der Waals surface area contributed by atoms with Crippen LogP contribution in [0.3, 0.4) is 0 Å². The minimum absolute atomic E-state index is 0.156. The van der Waals surface area contributed by atoms with Crippen LogP contribution in [0.15, 0.2) is 17.3 Å². The summed E-state index contributed by atoms with van der Waals surface area (Å²) < 4.78 is 22.2. The van der Waals surface area contributed by atoms with Crippen LogP contribution in [0.1, 0.15) is 28.1 Å². The minimum atomic E-state index is -0.158. The van der Waals surface area contributed by atoms with Crippen LogP contribution in [0, 0.1) is 13.8 Å². The SMILES string of the molecule is COc1c(C[C@@H]2CC(c3sc4nc(C)cc(C)c4c3N)=NO2)cc2c(c1OC)OCO2. The molecule has 0 radical (unpaired) electrons. The second kappa shape index (κ2) is 7.49. The summed E-state index contributed by atoms with van der Waals surface area (Å²) in [5, 5.41) is 5.35. The number of rotatable bonds is 5. The number of nitrogens with two attached hydrogens (primary N) is 1. The highest BCUT2D eigenvalue weighted by Crippen LogP contribution is 2.49. The quantitative estimate of drug-likeness (QED) is 0.640. The van der Waals surface area contributed by atoms with Gasteiger partial charge in [0.15, 0.2) is 11.5 Å². The Morgan fingerprint density at radius 3 is 2.74 bits per heavy atom. The number of benzene rings is 1. The molecule has 1 atom stereocenters. The molecule has 5 rings (SSSR count). The topological polar surface area (TPSA) is 97.4 Å². The third-order valence-corrected chi connectivity index (χ3v) is 6.67. The first-order valence-electron chi connectivity index (χ1n) is 9.92. The molecule has 0 amide bonds. The van der Waals surface area contributed by atoms with Crippen LogP contribution in [-0.4, -0.2) is 37.8 Å². The molecule has 0 unspecified atom stereocenters. The van der Waals surface area contributed by atoms with Gasteiger partial charge in [-0.05, 0) is 31.5 Å². The number of hydrogen-bond donors (Lipinski definition) is 1. The fourth-order valence-electron chi connectivity index (χ4n) is 4.21. The molecular weight excluding hydrogens is 418 g/mol. The van der Waals surface area contributed by atoms with Gasteiger partial charge in [0.05, 0.1) is 24.8 Å². The van der Waals surface area contributed by atoms with Crippen LogP contribution in [0.5, 0.6) is 23.0 Å². The third-order valence-electron chi connectivity index (χ3n) is 5.53. The summed E-state index contributed by atoms with van der Waals surface area (Å²) in [6.07, 6.45) is 1.05. The molecule has 0 spiro atoms. The van der Waals surface area contributed by atoms with E-state index in [1.54, 1.807) is 25.6 Å². The second-order valence-electron chi connectivity index (χ2n) is 7.62. The van der Waals surface area contributed by atoms with Gasteiger partial charge in [-0.2, -0.15) is 0 Å². The van der Waals surface area contributed by atoms with Crippen LogP contribution >= 0.6 is 11.3 Å². The molecule has 0 saturated carbocycles. The van der Waals surface area contributed by atoms with Crippen molar-refractivity contribution in [1.29, 1.82) is 0 Å². The van der Waals surface area contributed by atoms with Crippen molar-refractivity contribution in [2.75, 3.05) is 26.7 Å². The number of fused-ring (bicyclic) bond motifs is 2. The number of oxime groups is 1. The molecule has 2 aliphatic rings. The van der Waals surface area contributed by atoms with Gasteiger partial charge in [-0.25, -0.2) is 4.98 Å². The fraction of sp³-hybridized carbons (Fsp3) is 0.364. The molecule has 4 heterocycles. The zero-order valence-electron chi connectivity index (χ0n) is 17.8. The minimum Gasteiger partial charge on any atom is -0.492 e. The molecule has 1 aromatic carbocycles. The summed E-state index contributed by atoms with van der Waals surface area (Å²) in [5.41, 5.74) is 11.0. The highest BCUT2D eigenvalue weighted by atomic mass is 32.1. The first-order valence-corrected chi connectivity index (χ1v) is 10.7. The van der Waals surface area contributed by atoms with Crippen molar-refractivity contribution < 1.29 is 23.8 Å². The molecule has 0 fully saturated rings. The number of methoxy groups -OCH3 is 2. The molecule has 2 N–H and O–H groups in total. The van der Waals surface area contributed by atoms with Crippen LogP contribution in [0.25, 0.3) is 10.2 Å². The maximum Gasteiger partial charge on any atom is 0.231 e. The Morgan fingerprint density at radius 1 is 1.16 bits per heavy atom. The Bertz CT molecular complexity index is 1220. The summed E-state index contributed by atoms with van der Waals surface area (Å²) in [5.74, 6) is 2.33. The standard InChI is InChI=1S/C22H23N3O5S/c1-10-5-11(2)24-22-16(10)17(23)21(31-22)14-8-13(30-25-14)6-12-7-15-19(29-9-28-15)20(27-4)18(12)26-3/h5,7,13H,6,8-9,23H2,1-4H3/t13-/m1/s1. The summed E-state index contributed by atoms with van der Waals surface area (Å²) in [7, 11) is 3.19. The lowest BCUT2D eigenvalue weighted by atomic mass is 10.0. The Kier molecular flexibility index (Phi) is 4.77. The van der Waals surface area contributed by atoms with Crippen LogP contribution < -0.4 is 24.7 Å². The first kappa shape index (κ1) is 19.7. The van der Waals surface area contributed by atoms with Crippen LogP contribution in [-0.2, 0) is 11.3 Å². The predicted octanol–water partition coefficient (Wildman–Crippen LogP) is 3.98. The molecule has 0 saturated heterocycles. The Balaban J connectivity index is 1.42. The van der Waals surface area contributed by atoms with E-state index in [9.17, 15) is 0 Å². The molecule has 162 valence electrons. The lowest BCUT2D eigenvalue weighted by Crippen LogP contribution is -2.13. The van der Waals surface area contributed by atoms with Crippen molar-refractivity contribution in [1.82, 2.24) is 4.98 Å². The van der Waals surface area contributed by atoms with Gasteiger partial charge in [-0.15, -0.1) is 11.3 Å². The number of aromatic nitrogens is 1. The fourth-order valence-corrected chi connectivity index (χ4v) is 5.41. The van der Waals surface area contributed by atoms with Crippen molar-refractivity contribution in [3.05, 3.63) is 33.8 Å². The predicted molar refractivity (Wildman–Crippen MR) is 119 cm³/mol. The smallest absolute Gasteiger partial charge is 0.231 e. The Morgan fingerprint density at radius 2 is 1.97 bits per heavy atom. The molecule has 0 aliphatic carbocycles. The number of nitrogens with zero attached hydrogens (tertiary/aromatic N) is 2. The van der Waals surface area contributed by atoms with Crippen molar-refractivity contribution in [3.8, 4) is 23.0 Å². The number of aryl methyl sites for hydroxylation is 2. The van der Waals surface area contributed by atoms with Crippen LogP contribution in [0.4, 0.5) is 5.69 Å². The Hall–Kier alpha value is -3.20. The van der Waals surface area contributed by atoms with Gasteiger partial charge >= 0.3 is 0 Å². The third kappa shape index (κ3) is 3.20. The second-order valence-corrected chi connectivity index (χ2v) is 8.61. The maximum absolute atomic E-state index is 6.48. The summed E-state index contributed by atoms with van der Waals surface area (Å²) in [6, 6.07) is 3.96. The molecule has 9 heteroatoms. The first-order chi connectivity index (χ1) is 15.0. The van der Waals surface area contributed by atoms with E-state index in [4.69, 9.17) is 29.5 Å². The number of nitrogen functional groups attached to an aromatic ring is 1. The molecule has 2 aromatic heterocycles. The molecule has 8 nitrogen and oxygen atoms in total. The average Bonchev–Trinajstić information content (AvgIpc) is 3.45. The number of thiophene rings is 1. The van der Waals surface area contributed by atoms with Crippen LogP contribution in [0.2, 0.25) is 0 Å². The number of hydrogen-bond acceptors (Lipinski definition) is 9. The van der Waals surface area contributed by atoms with Crippen molar-refractivity contribution in [3.63, 3.8) is 0 Å². The average molecular weight is 442 g/mol. The van der Waals surface area contributed by atoms with E-state index >= 15 is 0 Å². The monoisotopic (exact) mass is 441 g/mol. The normalized spacial score (nSPS) is 17.0. The molecule has 2 aliphatic heterocycles. The molecule has 3 aromatic rings. The molecular formula is C22H23N3O5S. The lowest BCUT2D eigenvalue weighted by Gasteiger charge is -2.16. The van der Waals surface area contributed by atoms with E-state index in [1.807, 2.05) is 19.1 Å². The van der Waals surface area contributed by atoms with E-state index < -0.39 is 0 Å². The van der Waals surface area contributed by atoms with Crippen molar-refractivity contribution >= 4 is 33.0 Å². The zero-order chi connectivity index (χ0) is 21.7. The van der Waals surface area contributed by atoms with E-state index in [0.29, 0.717) is 35.8 Å².